The zero-order valence-corrected chi connectivity index (χ0v) is 20.7. The number of hydrogen-bond donors (Lipinski definition) is 3. The van der Waals surface area contributed by atoms with Gasteiger partial charge in [0, 0.05) is 11.6 Å². The van der Waals surface area contributed by atoms with Gasteiger partial charge in [-0.3, -0.25) is 14.4 Å². The Bertz CT molecular complexity index is 1110. The number of carbonyl (C=O) groups excluding carboxylic acids is 3. The van der Waals surface area contributed by atoms with E-state index in [9.17, 15) is 23.2 Å². The molecule has 0 aliphatic carbocycles. The third-order valence-corrected chi connectivity index (χ3v) is 6.37. The van der Waals surface area contributed by atoms with Crippen LogP contribution in [0.15, 0.2) is 36.4 Å². The van der Waals surface area contributed by atoms with Crippen molar-refractivity contribution in [2.24, 2.45) is 5.92 Å². The van der Waals surface area contributed by atoms with Gasteiger partial charge in [0.1, 0.15) is 29.4 Å². The van der Waals surface area contributed by atoms with E-state index in [1.807, 2.05) is 0 Å². The Balaban J connectivity index is 2.00. The fourth-order valence-electron chi connectivity index (χ4n) is 4.02. The Labute approximate surface area is 208 Å². The molecule has 1 heterocycles. The van der Waals surface area contributed by atoms with Crippen molar-refractivity contribution in [3.63, 3.8) is 0 Å². The number of nitrogens with zero attached hydrogens (tertiary/aromatic N) is 1. The van der Waals surface area contributed by atoms with Gasteiger partial charge in [-0.2, -0.15) is 0 Å². The molecule has 3 atom stereocenters. The van der Waals surface area contributed by atoms with Crippen LogP contribution in [0.4, 0.5) is 14.5 Å². The summed E-state index contributed by atoms with van der Waals surface area (Å²) in [6, 6.07) is 5.61. The molecular weight excluding hydrogens is 478 g/mol. The molecule has 0 spiro atoms. The molecule has 35 heavy (non-hydrogen) atoms. The summed E-state index contributed by atoms with van der Waals surface area (Å²) in [5, 5.41) is 8.24. The van der Waals surface area contributed by atoms with E-state index in [1.165, 1.54) is 11.0 Å². The first kappa shape index (κ1) is 26.6. The van der Waals surface area contributed by atoms with E-state index >= 15 is 0 Å². The molecule has 0 saturated heterocycles. The average Bonchev–Trinajstić information content (AvgIpc) is 2.82. The van der Waals surface area contributed by atoms with Gasteiger partial charge in [-0.1, -0.05) is 37.6 Å². The summed E-state index contributed by atoms with van der Waals surface area (Å²) in [5.74, 6) is -3.80. The Morgan fingerprint density at radius 3 is 2.34 bits per heavy atom. The Hall–Kier alpha value is -3.04. The Morgan fingerprint density at radius 1 is 1.09 bits per heavy atom. The Kier molecular flexibility index (Phi) is 8.45. The largest absolute Gasteiger partial charge is 0.343 e. The van der Waals surface area contributed by atoms with Crippen LogP contribution in [0.5, 0.6) is 0 Å². The quantitative estimate of drug-likeness (QED) is 0.536. The molecule has 3 rings (SSSR count). The highest BCUT2D eigenvalue weighted by Gasteiger charge is 2.40. The van der Waals surface area contributed by atoms with Gasteiger partial charge < -0.3 is 20.9 Å². The number of nitrogens with one attached hydrogen (secondary N) is 3. The number of hydrogen-bond acceptors (Lipinski definition) is 4. The van der Waals surface area contributed by atoms with E-state index < -0.39 is 47.3 Å². The van der Waals surface area contributed by atoms with Crippen LogP contribution in [0, 0.1) is 17.6 Å². The number of anilines is 1. The van der Waals surface area contributed by atoms with Crippen LogP contribution in [0.2, 0.25) is 5.02 Å². The number of rotatable bonds is 7. The fraction of sp³-hybridized carbons (Fsp3) is 0.400. The molecule has 0 saturated carbocycles. The van der Waals surface area contributed by atoms with Gasteiger partial charge in [-0.15, -0.1) is 0 Å². The van der Waals surface area contributed by atoms with Gasteiger partial charge in [0.15, 0.2) is 0 Å². The number of amides is 3. The molecule has 2 aromatic carbocycles. The lowest BCUT2D eigenvalue weighted by Gasteiger charge is -2.39. The number of halogens is 3. The second-order valence-corrected chi connectivity index (χ2v) is 9.29. The summed E-state index contributed by atoms with van der Waals surface area (Å²) >= 11 is 6.20. The van der Waals surface area contributed by atoms with Crippen molar-refractivity contribution in [2.45, 2.75) is 45.3 Å². The van der Waals surface area contributed by atoms with Crippen LogP contribution in [-0.2, 0) is 20.8 Å². The van der Waals surface area contributed by atoms with Crippen molar-refractivity contribution in [1.29, 1.82) is 0 Å². The van der Waals surface area contributed by atoms with E-state index in [-0.39, 0.29) is 18.4 Å². The second kappa shape index (κ2) is 11.1. The van der Waals surface area contributed by atoms with E-state index in [2.05, 4.69) is 16.0 Å². The summed E-state index contributed by atoms with van der Waals surface area (Å²) in [7, 11) is 1.63. The first-order valence-electron chi connectivity index (χ1n) is 11.4. The van der Waals surface area contributed by atoms with Gasteiger partial charge in [0.05, 0.1) is 6.04 Å². The molecule has 2 aromatic rings. The van der Waals surface area contributed by atoms with Crippen molar-refractivity contribution in [3.8, 4) is 0 Å². The fourth-order valence-corrected chi connectivity index (χ4v) is 4.20. The molecule has 188 valence electrons. The minimum atomic E-state index is -1.20. The molecule has 10 heteroatoms. The lowest BCUT2D eigenvalue weighted by molar-refractivity contribution is -0.144. The number of fused-ring (bicyclic) bond motifs is 1. The molecule has 0 bridgehead atoms. The average molecular weight is 507 g/mol. The Morgan fingerprint density at radius 2 is 1.74 bits per heavy atom. The number of likely N-dealkylation sites (N-methyl/N-ethyl adjacent to an activating group) is 1. The smallest absolute Gasteiger partial charge is 0.251 e. The van der Waals surface area contributed by atoms with Crippen molar-refractivity contribution in [3.05, 3.63) is 64.2 Å². The number of para-hydroxylation sites is 1. The van der Waals surface area contributed by atoms with Crippen molar-refractivity contribution in [2.75, 3.05) is 18.9 Å². The minimum absolute atomic E-state index is 0.173. The highest BCUT2D eigenvalue weighted by molar-refractivity contribution is 6.30. The molecule has 0 radical (unpaired) electrons. The van der Waals surface area contributed by atoms with Crippen molar-refractivity contribution >= 4 is 35.0 Å². The summed E-state index contributed by atoms with van der Waals surface area (Å²) in [6.45, 7) is 5.40. The van der Waals surface area contributed by atoms with Gasteiger partial charge in [0.2, 0.25) is 11.8 Å². The first-order chi connectivity index (χ1) is 16.5. The van der Waals surface area contributed by atoms with Crippen LogP contribution < -0.4 is 16.0 Å². The maximum Gasteiger partial charge on any atom is 0.251 e. The third kappa shape index (κ3) is 5.79. The second-order valence-electron chi connectivity index (χ2n) is 8.85. The SMILES string of the molecule is CN[C@@H](C)C(=O)N[C@H](C(=O)N1CCc2ccc(Cl)cc2C1C(=O)Nc1c(F)cccc1F)C(C)C. The lowest BCUT2D eigenvalue weighted by Crippen LogP contribution is -2.57. The molecule has 1 aliphatic rings. The predicted octanol–water partition coefficient (Wildman–Crippen LogP) is 3.43. The van der Waals surface area contributed by atoms with E-state index in [0.29, 0.717) is 17.0 Å². The van der Waals surface area contributed by atoms with Gasteiger partial charge in [-0.05, 0) is 61.7 Å². The molecular formula is C25H29ClF2N4O3. The van der Waals surface area contributed by atoms with E-state index in [1.54, 1.807) is 46.0 Å². The molecule has 0 fully saturated rings. The maximum atomic E-state index is 14.3. The van der Waals surface area contributed by atoms with Crippen molar-refractivity contribution in [1.82, 2.24) is 15.5 Å². The molecule has 7 nitrogen and oxygen atoms in total. The molecule has 3 N–H and O–H groups in total. The zero-order chi connectivity index (χ0) is 25.9. The van der Waals surface area contributed by atoms with Gasteiger partial charge >= 0.3 is 0 Å². The predicted molar refractivity (Wildman–Crippen MR) is 130 cm³/mol. The topological polar surface area (TPSA) is 90.5 Å². The van der Waals surface area contributed by atoms with Crippen LogP contribution >= 0.6 is 11.6 Å². The van der Waals surface area contributed by atoms with Crippen LogP contribution in [-0.4, -0.2) is 48.3 Å². The van der Waals surface area contributed by atoms with Crippen molar-refractivity contribution < 1.29 is 23.2 Å². The lowest BCUT2D eigenvalue weighted by atomic mass is 9.90. The normalized spacial score (nSPS) is 16.9. The standard InChI is InChI=1S/C25H29ClF2N4O3/c1-13(2)20(30-23(33)14(3)29-4)25(35)32-11-10-15-8-9-16(26)12-17(15)22(32)24(34)31-21-18(27)6-5-7-19(21)28/h5-9,12-14,20,22,29H,10-11H2,1-4H3,(H,30,33)(H,31,34)/t14-,20-,22?/m0/s1. The summed E-state index contributed by atoms with van der Waals surface area (Å²) in [5.41, 5.74) is 0.654. The summed E-state index contributed by atoms with van der Waals surface area (Å²) in [6.07, 6.45) is 0.446. The summed E-state index contributed by atoms with van der Waals surface area (Å²) < 4.78 is 28.5. The minimum Gasteiger partial charge on any atom is -0.343 e. The highest BCUT2D eigenvalue weighted by Crippen LogP contribution is 2.34. The molecule has 0 aromatic heterocycles. The molecule has 3 amide bonds. The monoisotopic (exact) mass is 506 g/mol. The molecule has 1 aliphatic heterocycles. The zero-order valence-electron chi connectivity index (χ0n) is 20.0. The number of benzene rings is 2. The van der Waals surface area contributed by atoms with Gasteiger partial charge in [0.25, 0.3) is 5.91 Å². The van der Waals surface area contributed by atoms with Crippen LogP contribution in [0.25, 0.3) is 0 Å². The van der Waals surface area contributed by atoms with Crippen LogP contribution in [0.1, 0.15) is 37.9 Å². The van der Waals surface area contributed by atoms with E-state index in [0.717, 1.165) is 17.7 Å². The van der Waals surface area contributed by atoms with E-state index in [4.69, 9.17) is 11.6 Å². The maximum absolute atomic E-state index is 14.3. The summed E-state index contributed by atoms with van der Waals surface area (Å²) in [4.78, 5) is 41.0. The third-order valence-electron chi connectivity index (χ3n) is 6.14. The number of carbonyl (C=O) groups is 3. The molecule has 1 unspecified atom stereocenters. The van der Waals surface area contributed by atoms with Crippen LogP contribution in [0.3, 0.4) is 0 Å². The highest BCUT2D eigenvalue weighted by atomic mass is 35.5. The first-order valence-corrected chi connectivity index (χ1v) is 11.7. The van der Waals surface area contributed by atoms with Gasteiger partial charge in [-0.25, -0.2) is 8.78 Å².